The Morgan fingerprint density at radius 1 is 1.22 bits per heavy atom. The Labute approximate surface area is 209 Å². The van der Waals surface area contributed by atoms with Crippen molar-refractivity contribution in [3.8, 4) is 17.1 Å². The molecule has 184 valence electrons. The summed E-state index contributed by atoms with van der Waals surface area (Å²) in [4.78, 5) is 33.2. The number of fused-ring (bicyclic) bond motifs is 1. The van der Waals surface area contributed by atoms with Crippen molar-refractivity contribution in [1.29, 1.82) is 0 Å². The maximum atomic E-state index is 12.2. The van der Waals surface area contributed by atoms with Gasteiger partial charge >= 0.3 is 0 Å². The van der Waals surface area contributed by atoms with Gasteiger partial charge in [0.15, 0.2) is 5.82 Å². The van der Waals surface area contributed by atoms with E-state index in [4.69, 9.17) is 4.74 Å². The maximum Gasteiger partial charge on any atom is 0.247 e. The lowest BCUT2D eigenvalue weighted by atomic mass is 10.0. The van der Waals surface area contributed by atoms with Crippen LogP contribution in [0, 0.1) is 0 Å². The van der Waals surface area contributed by atoms with Crippen LogP contribution in [0.5, 0.6) is 5.75 Å². The summed E-state index contributed by atoms with van der Waals surface area (Å²) in [5, 5.41) is 7.23. The van der Waals surface area contributed by atoms with Gasteiger partial charge in [-0.15, -0.1) is 0 Å². The molecule has 3 heterocycles. The van der Waals surface area contributed by atoms with E-state index >= 15 is 0 Å². The number of likely N-dealkylation sites (N-methyl/N-ethyl adjacent to an activating group) is 1. The summed E-state index contributed by atoms with van der Waals surface area (Å²) in [7, 11) is 5.74. The third kappa shape index (κ3) is 4.46. The first kappa shape index (κ1) is 23.3. The number of carbonyl (C=O) groups excluding carboxylic acids is 1. The average molecular weight is 485 g/mol. The van der Waals surface area contributed by atoms with Crippen LogP contribution in [0.15, 0.2) is 61.6 Å². The molecule has 2 aromatic heterocycles. The fourth-order valence-corrected chi connectivity index (χ4v) is 4.24. The molecule has 1 aliphatic heterocycles. The summed E-state index contributed by atoms with van der Waals surface area (Å²) in [5.74, 6) is 1.20. The molecule has 10 heteroatoms. The minimum Gasteiger partial charge on any atom is -0.494 e. The Kier molecular flexibility index (Phi) is 6.26. The largest absolute Gasteiger partial charge is 0.494 e. The SMILES string of the molecule is C=CC(=O)Nc1cc(Nc2ncnc(-c3cccc4cc[nH]c34)n2)c(OC)cc1N1CC(N(C)C)C1. The van der Waals surface area contributed by atoms with Crippen LogP contribution < -0.4 is 20.3 Å². The number of rotatable bonds is 8. The first-order valence-corrected chi connectivity index (χ1v) is 11.6. The highest BCUT2D eigenvalue weighted by Crippen LogP contribution is 2.40. The maximum absolute atomic E-state index is 12.2. The van der Waals surface area contributed by atoms with E-state index in [1.165, 1.54) is 12.4 Å². The third-order valence-corrected chi connectivity index (χ3v) is 6.34. The zero-order chi connectivity index (χ0) is 25.2. The second kappa shape index (κ2) is 9.67. The van der Waals surface area contributed by atoms with Crippen molar-refractivity contribution in [1.82, 2.24) is 24.8 Å². The van der Waals surface area contributed by atoms with E-state index < -0.39 is 0 Å². The van der Waals surface area contributed by atoms with Gasteiger partial charge in [0.2, 0.25) is 11.9 Å². The van der Waals surface area contributed by atoms with Crippen molar-refractivity contribution in [2.24, 2.45) is 0 Å². The molecule has 1 amide bonds. The smallest absolute Gasteiger partial charge is 0.247 e. The molecule has 2 aromatic carbocycles. The van der Waals surface area contributed by atoms with Crippen molar-refractivity contribution in [2.45, 2.75) is 6.04 Å². The fraction of sp³-hybridized carbons (Fsp3) is 0.231. The number of methoxy groups -OCH3 is 1. The molecular formula is C26H28N8O2. The molecule has 5 rings (SSSR count). The van der Waals surface area contributed by atoms with Crippen LogP contribution in [0.2, 0.25) is 0 Å². The molecule has 0 spiro atoms. The van der Waals surface area contributed by atoms with Gasteiger partial charge in [-0.3, -0.25) is 4.79 Å². The third-order valence-electron chi connectivity index (χ3n) is 6.34. The van der Waals surface area contributed by atoms with E-state index in [2.05, 4.69) is 61.0 Å². The van der Waals surface area contributed by atoms with Gasteiger partial charge in [-0.05, 0) is 38.4 Å². The van der Waals surface area contributed by atoms with E-state index in [1.807, 2.05) is 42.6 Å². The minimum atomic E-state index is -0.293. The number of hydrogen-bond acceptors (Lipinski definition) is 8. The molecular weight excluding hydrogens is 456 g/mol. The van der Waals surface area contributed by atoms with Crippen LogP contribution in [-0.2, 0) is 4.79 Å². The summed E-state index contributed by atoms with van der Waals surface area (Å²) in [6.45, 7) is 5.28. The van der Waals surface area contributed by atoms with Crippen molar-refractivity contribution < 1.29 is 9.53 Å². The molecule has 0 aliphatic carbocycles. The molecule has 0 bridgehead atoms. The molecule has 10 nitrogen and oxygen atoms in total. The van der Waals surface area contributed by atoms with Crippen LogP contribution >= 0.6 is 0 Å². The van der Waals surface area contributed by atoms with Gasteiger partial charge in [0, 0.05) is 42.3 Å². The summed E-state index contributed by atoms with van der Waals surface area (Å²) in [6, 6.07) is 12.1. The number of anilines is 4. The Bertz CT molecular complexity index is 1420. The molecule has 0 unspecified atom stereocenters. The van der Waals surface area contributed by atoms with E-state index in [0.29, 0.717) is 34.9 Å². The average Bonchev–Trinajstić information content (AvgIpc) is 3.33. The lowest BCUT2D eigenvalue weighted by molar-refractivity contribution is -0.111. The predicted octanol–water partition coefficient (Wildman–Crippen LogP) is 3.65. The van der Waals surface area contributed by atoms with E-state index in [0.717, 1.165) is 35.2 Å². The number of aromatic amines is 1. The van der Waals surface area contributed by atoms with Gasteiger partial charge < -0.3 is 30.2 Å². The number of hydrogen-bond donors (Lipinski definition) is 3. The first-order valence-electron chi connectivity index (χ1n) is 11.6. The summed E-state index contributed by atoms with van der Waals surface area (Å²) >= 11 is 0. The predicted molar refractivity (Wildman–Crippen MR) is 142 cm³/mol. The second-order valence-corrected chi connectivity index (χ2v) is 8.79. The van der Waals surface area contributed by atoms with E-state index in [-0.39, 0.29) is 5.91 Å². The van der Waals surface area contributed by atoms with Gasteiger partial charge in [-0.1, -0.05) is 18.7 Å². The molecule has 1 fully saturated rings. The molecule has 36 heavy (non-hydrogen) atoms. The highest BCUT2D eigenvalue weighted by atomic mass is 16.5. The van der Waals surface area contributed by atoms with Crippen molar-refractivity contribution in [3.05, 3.63) is 61.6 Å². The summed E-state index contributed by atoms with van der Waals surface area (Å²) in [5.41, 5.74) is 3.96. The number of carbonyl (C=O) groups is 1. The zero-order valence-corrected chi connectivity index (χ0v) is 20.4. The van der Waals surface area contributed by atoms with E-state index in [9.17, 15) is 4.79 Å². The molecule has 0 saturated carbocycles. The number of ether oxygens (including phenoxy) is 1. The highest BCUT2D eigenvalue weighted by Gasteiger charge is 2.31. The Morgan fingerprint density at radius 3 is 2.81 bits per heavy atom. The van der Waals surface area contributed by atoms with Gasteiger partial charge in [-0.25, -0.2) is 9.97 Å². The molecule has 0 radical (unpaired) electrons. The van der Waals surface area contributed by atoms with Gasteiger partial charge in [0.25, 0.3) is 0 Å². The van der Waals surface area contributed by atoms with Crippen LogP contribution in [-0.4, -0.2) is 71.1 Å². The Balaban J connectivity index is 1.48. The summed E-state index contributed by atoms with van der Waals surface area (Å²) < 4.78 is 5.69. The number of benzene rings is 2. The lowest BCUT2D eigenvalue weighted by Gasteiger charge is -2.45. The zero-order valence-electron chi connectivity index (χ0n) is 20.4. The second-order valence-electron chi connectivity index (χ2n) is 8.79. The first-order chi connectivity index (χ1) is 17.5. The van der Waals surface area contributed by atoms with Gasteiger partial charge in [0.05, 0.1) is 29.7 Å². The van der Waals surface area contributed by atoms with Crippen LogP contribution in [0.25, 0.3) is 22.3 Å². The number of nitrogens with zero attached hydrogens (tertiary/aromatic N) is 5. The number of para-hydroxylation sites is 1. The molecule has 1 aliphatic rings. The lowest BCUT2D eigenvalue weighted by Crippen LogP contribution is -2.57. The van der Waals surface area contributed by atoms with Gasteiger partial charge in [0.1, 0.15) is 12.1 Å². The van der Waals surface area contributed by atoms with Crippen molar-refractivity contribution in [2.75, 3.05) is 49.8 Å². The Morgan fingerprint density at radius 2 is 2.06 bits per heavy atom. The topological polar surface area (TPSA) is 111 Å². The molecule has 3 N–H and O–H groups in total. The summed E-state index contributed by atoms with van der Waals surface area (Å²) in [6.07, 6.45) is 4.60. The molecule has 1 saturated heterocycles. The Hall–Kier alpha value is -4.44. The number of nitrogens with one attached hydrogen (secondary N) is 3. The molecule has 0 atom stereocenters. The normalized spacial score (nSPS) is 13.5. The van der Waals surface area contributed by atoms with Gasteiger partial charge in [-0.2, -0.15) is 4.98 Å². The van der Waals surface area contributed by atoms with Crippen LogP contribution in [0.4, 0.5) is 23.0 Å². The number of aromatic nitrogens is 4. The molecule has 4 aromatic rings. The van der Waals surface area contributed by atoms with E-state index in [1.54, 1.807) is 7.11 Å². The number of amides is 1. The van der Waals surface area contributed by atoms with Crippen molar-refractivity contribution >= 4 is 39.8 Å². The number of H-pyrrole nitrogens is 1. The minimum absolute atomic E-state index is 0.293. The monoisotopic (exact) mass is 484 g/mol. The van der Waals surface area contributed by atoms with Crippen molar-refractivity contribution in [3.63, 3.8) is 0 Å². The fourth-order valence-electron chi connectivity index (χ4n) is 4.24. The van der Waals surface area contributed by atoms with Crippen LogP contribution in [0.1, 0.15) is 0 Å². The standard InChI is InChI=1S/C26H28N8O2/c1-5-23(35)30-19-11-20(22(36-4)12-21(19)34-13-17(14-34)33(2)3)31-26-29-15-28-25(32-26)18-8-6-7-16-9-10-27-24(16)18/h5-12,15,17,27H,1,13-14H2,2-4H3,(H,30,35)(H,28,29,31,32). The highest BCUT2D eigenvalue weighted by molar-refractivity contribution is 6.02. The van der Waals surface area contributed by atoms with Crippen LogP contribution in [0.3, 0.4) is 0 Å². The quantitative estimate of drug-likeness (QED) is 0.325.